The van der Waals surface area contributed by atoms with Gasteiger partial charge in [0.15, 0.2) is 6.10 Å². The lowest BCUT2D eigenvalue weighted by atomic mass is 10.1. The number of hydrogen-bond acceptors (Lipinski definition) is 8. The van der Waals surface area contributed by atoms with Crippen molar-refractivity contribution in [2.24, 2.45) is 4.36 Å². The van der Waals surface area contributed by atoms with Crippen LogP contribution < -0.4 is 20.1 Å². The van der Waals surface area contributed by atoms with Gasteiger partial charge in [-0.3, -0.25) is 4.79 Å². The molecule has 4 rings (SSSR count). The van der Waals surface area contributed by atoms with Crippen LogP contribution in [0.25, 0.3) is 10.9 Å². The molecule has 1 aliphatic heterocycles. The van der Waals surface area contributed by atoms with E-state index in [1.165, 1.54) is 26.4 Å². The molecular weight excluding hydrogens is 542 g/mol. The number of anilines is 2. The van der Waals surface area contributed by atoms with E-state index in [1.54, 1.807) is 18.3 Å². The van der Waals surface area contributed by atoms with Gasteiger partial charge in [0.1, 0.15) is 41.7 Å². The van der Waals surface area contributed by atoms with Crippen LogP contribution in [0.15, 0.2) is 35.0 Å². The smallest absolute Gasteiger partial charge is 0.405 e. The number of nitrogens with zero attached hydrogens (tertiary/aromatic N) is 3. The first-order valence-electron chi connectivity index (χ1n) is 12.0. The fourth-order valence-corrected chi connectivity index (χ4v) is 6.42. The molecule has 1 saturated heterocycles. The number of carbonyl (C=O) groups is 1. The number of aryl methyl sites for hydroxylation is 1. The van der Waals surface area contributed by atoms with Gasteiger partial charge in [-0.25, -0.2) is 18.6 Å². The van der Waals surface area contributed by atoms with Gasteiger partial charge in [0.25, 0.3) is 5.91 Å². The number of fused-ring (bicyclic) bond motifs is 1. The SMILES string of the molecule is COc1c(N=S2(=O)CCCC2)cc2ncnc(Nc3ccc(F)cc3O[C@H](C)C(=O)NCC(F)(F)F)c2c1C. The molecular formula is C25H27F4N5O4S. The number of amides is 1. The van der Waals surface area contributed by atoms with E-state index in [-0.39, 0.29) is 17.3 Å². The molecule has 0 unspecified atom stereocenters. The summed E-state index contributed by atoms with van der Waals surface area (Å²) in [7, 11) is -0.911. The number of aromatic nitrogens is 2. The van der Waals surface area contributed by atoms with Crippen molar-refractivity contribution in [3.05, 3.63) is 42.0 Å². The van der Waals surface area contributed by atoms with Gasteiger partial charge in [-0.1, -0.05) is 0 Å². The van der Waals surface area contributed by atoms with E-state index in [4.69, 9.17) is 9.47 Å². The van der Waals surface area contributed by atoms with E-state index in [9.17, 15) is 26.6 Å². The molecule has 2 aromatic carbocycles. The Kier molecular flexibility index (Phi) is 8.14. The van der Waals surface area contributed by atoms with Gasteiger partial charge >= 0.3 is 6.18 Å². The first-order chi connectivity index (χ1) is 18.4. The van der Waals surface area contributed by atoms with E-state index >= 15 is 0 Å². The van der Waals surface area contributed by atoms with Gasteiger partial charge in [0.2, 0.25) is 0 Å². The van der Waals surface area contributed by atoms with Crippen LogP contribution in [0.3, 0.4) is 0 Å². The molecule has 14 heteroatoms. The molecule has 210 valence electrons. The normalized spacial score (nSPS) is 15.6. The monoisotopic (exact) mass is 569 g/mol. The van der Waals surface area contributed by atoms with Crippen LogP contribution in [-0.4, -0.2) is 57.5 Å². The molecule has 0 spiro atoms. The number of methoxy groups -OCH3 is 1. The predicted octanol–water partition coefficient (Wildman–Crippen LogP) is 5.17. The van der Waals surface area contributed by atoms with Crippen molar-refractivity contribution in [1.29, 1.82) is 0 Å². The Morgan fingerprint density at radius 3 is 2.59 bits per heavy atom. The fraction of sp³-hybridized carbons (Fsp3) is 0.400. The quantitative estimate of drug-likeness (QED) is 0.360. The van der Waals surface area contributed by atoms with Gasteiger partial charge < -0.3 is 20.1 Å². The maximum atomic E-state index is 14.1. The molecule has 2 heterocycles. The van der Waals surface area contributed by atoms with Crippen LogP contribution in [0.5, 0.6) is 11.5 Å². The van der Waals surface area contributed by atoms with Crippen LogP contribution in [0.4, 0.5) is 34.8 Å². The van der Waals surface area contributed by atoms with Crippen molar-refractivity contribution in [3.8, 4) is 11.5 Å². The molecule has 0 bridgehead atoms. The third-order valence-electron chi connectivity index (χ3n) is 6.08. The molecule has 3 aromatic rings. The molecule has 0 radical (unpaired) electrons. The molecule has 0 aliphatic carbocycles. The number of rotatable bonds is 8. The molecule has 1 aliphatic rings. The van der Waals surface area contributed by atoms with Crippen LogP contribution in [0, 0.1) is 12.7 Å². The van der Waals surface area contributed by atoms with Crippen molar-refractivity contribution in [2.75, 3.05) is 30.5 Å². The minimum Gasteiger partial charge on any atom is -0.494 e. The van der Waals surface area contributed by atoms with Crippen LogP contribution in [-0.2, 0) is 14.5 Å². The second-order valence-electron chi connectivity index (χ2n) is 9.01. The van der Waals surface area contributed by atoms with E-state index in [0.29, 0.717) is 39.4 Å². The summed E-state index contributed by atoms with van der Waals surface area (Å²) in [4.78, 5) is 20.7. The average molecular weight is 570 g/mol. The highest BCUT2D eigenvalue weighted by Gasteiger charge is 2.29. The van der Waals surface area contributed by atoms with Crippen LogP contribution >= 0.6 is 0 Å². The maximum Gasteiger partial charge on any atom is 0.405 e. The number of benzene rings is 2. The van der Waals surface area contributed by atoms with Gasteiger partial charge in [-0.05, 0) is 44.9 Å². The molecule has 1 aromatic heterocycles. The van der Waals surface area contributed by atoms with Gasteiger partial charge in [0, 0.05) is 28.5 Å². The Bertz CT molecular complexity index is 1510. The highest BCUT2D eigenvalue weighted by atomic mass is 32.2. The predicted molar refractivity (Wildman–Crippen MR) is 139 cm³/mol. The van der Waals surface area contributed by atoms with E-state index < -0.39 is 40.3 Å². The highest BCUT2D eigenvalue weighted by molar-refractivity contribution is 7.93. The summed E-state index contributed by atoms with van der Waals surface area (Å²) in [5, 5.41) is 5.32. The van der Waals surface area contributed by atoms with Gasteiger partial charge in [-0.15, -0.1) is 0 Å². The fourth-order valence-electron chi connectivity index (χ4n) is 4.23. The number of nitrogens with one attached hydrogen (secondary N) is 2. The van der Waals surface area contributed by atoms with Crippen LogP contribution in [0.2, 0.25) is 0 Å². The molecule has 39 heavy (non-hydrogen) atoms. The number of halogens is 4. The Morgan fingerprint density at radius 2 is 1.92 bits per heavy atom. The molecule has 2 N–H and O–H groups in total. The number of ether oxygens (including phenoxy) is 2. The summed E-state index contributed by atoms with van der Waals surface area (Å²) in [6, 6.07) is 5.16. The second kappa shape index (κ2) is 11.2. The summed E-state index contributed by atoms with van der Waals surface area (Å²) in [5.41, 5.74) is 1.72. The van der Waals surface area contributed by atoms with Crippen molar-refractivity contribution >= 4 is 43.7 Å². The average Bonchev–Trinajstić information content (AvgIpc) is 3.29. The lowest BCUT2D eigenvalue weighted by Crippen LogP contribution is -2.41. The van der Waals surface area contributed by atoms with Crippen molar-refractivity contribution in [2.45, 2.75) is 39.0 Å². The molecule has 1 fully saturated rings. The molecule has 1 amide bonds. The van der Waals surface area contributed by atoms with Crippen LogP contribution in [0.1, 0.15) is 25.3 Å². The number of alkyl halides is 3. The number of hydrogen-bond donors (Lipinski definition) is 2. The minimum absolute atomic E-state index is 0.120. The lowest BCUT2D eigenvalue weighted by Gasteiger charge is -2.19. The Hall–Kier alpha value is -3.68. The third-order valence-corrected chi connectivity index (χ3v) is 8.46. The molecule has 1 atom stereocenters. The Morgan fingerprint density at radius 1 is 1.21 bits per heavy atom. The van der Waals surface area contributed by atoms with Crippen molar-refractivity contribution in [3.63, 3.8) is 0 Å². The van der Waals surface area contributed by atoms with E-state index in [1.807, 2.05) is 0 Å². The first kappa shape index (κ1) is 28.3. The third kappa shape index (κ3) is 6.67. The standard InChI is InChI=1S/C25H27F4N5O4S/c1-14-21-18(11-19(22(14)37-3)34-39(36)8-4-5-9-39)31-13-32-23(21)33-17-7-6-16(26)10-20(17)38-15(2)24(35)30-12-25(27,28)29/h6-7,10-11,13,15H,4-5,8-9,12H2,1-3H3,(H,30,35)(H,31,32,33)/t15-/m1/s1. The summed E-state index contributed by atoms with van der Waals surface area (Å²) in [6.07, 6.45) is -2.96. The van der Waals surface area contributed by atoms with E-state index in [0.717, 1.165) is 25.0 Å². The summed E-state index contributed by atoms with van der Waals surface area (Å²) >= 11 is 0. The summed E-state index contributed by atoms with van der Waals surface area (Å²) in [5.74, 6) is -0.0963. The molecule has 0 saturated carbocycles. The molecule has 9 nitrogen and oxygen atoms in total. The topological polar surface area (TPSA) is 115 Å². The lowest BCUT2D eigenvalue weighted by molar-refractivity contribution is -0.142. The summed E-state index contributed by atoms with van der Waals surface area (Å²) < 4.78 is 80.2. The Balaban J connectivity index is 1.69. The zero-order valence-corrected chi connectivity index (χ0v) is 22.2. The summed E-state index contributed by atoms with van der Waals surface area (Å²) in [6.45, 7) is 1.49. The van der Waals surface area contributed by atoms with Gasteiger partial charge in [-0.2, -0.15) is 17.5 Å². The van der Waals surface area contributed by atoms with Gasteiger partial charge in [0.05, 0.1) is 28.0 Å². The minimum atomic E-state index is -4.59. The number of carbonyl (C=O) groups excluding carboxylic acids is 1. The Labute approximate surface area is 222 Å². The first-order valence-corrected chi connectivity index (χ1v) is 13.9. The maximum absolute atomic E-state index is 14.1. The second-order valence-corrected chi connectivity index (χ2v) is 11.6. The van der Waals surface area contributed by atoms with E-state index in [2.05, 4.69) is 19.6 Å². The largest absolute Gasteiger partial charge is 0.494 e. The zero-order valence-electron chi connectivity index (χ0n) is 21.4. The van der Waals surface area contributed by atoms with Crippen molar-refractivity contribution < 1.29 is 36.0 Å². The highest BCUT2D eigenvalue weighted by Crippen LogP contribution is 2.41. The zero-order chi connectivity index (χ0) is 28.4. The van der Waals surface area contributed by atoms with Crippen molar-refractivity contribution in [1.82, 2.24) is 15.3 Å².